The second-order valence-electron chi connectivity index (χ2n) is 5.69. The number of hydrogen-bond acceptors (Lipinski definition) is 4. The largest absolute Gasteiger partial charge is 0.497 e. The number of hydrogen-bond donors (Lipinski definition) is 1. The van der Waals surface area contributed by atoms with Crippen molar-refractivity contribution in [3.63, 3.8) is 0 Å². The van der Waals surface area contributed by atoms with Gasteiger partial charge in [-0.3, -0.25) is 4.79 Å². The lowest BCUT2D eigenvalue weighted by Gasteiger charge is -2.17. The van der Waals surface area contributed by atoms with Crippen LogP contribution in [-0.4, -0.2) is 26.2 Å². The fourth-order valence-corrected chi connectivity index (χ4v) is 2.49. The molecule has 5 nitrogen and oxygen atoms in total. The Morgan fingerprint density at radius 2 is 1.68 bits per heavy atom. The fourth-order valence-electron chi connectivity index (χ4n) is 2.38. The number of benzene rings is 2. The van der Waals surface area contributed by atoms with Crippen LogP contribution >= 0.6 is 11.6 Å². The highest BCUT2D eigenvalue weighted by Gasteiger charge is 2.18. The Hall–Kier alpha value is -2.40. The lowest BCUT2D eigenvalue weighted by atomic mass is 10.1. The Bertz CT molecular complexity index is 753. The molecular weight excluding hydrogens is 342 g/mol. The van der Waals surface area contributed by atoms with Gasteiger partial charge in [-0.25, -0.2) is 0 Å². The molecule has 25 heavy (non-hydrogen) atoms. The van der Waals surface area contributed by atoms with E-state index in [2.05, 4.69) is 5.32 Å². The summed E-state index contributed by atoms with van der Waals surface area (Å²) in [5, 5.41) is 3.50. The minimum absolute atomic E-state index is 0.295. The van der Waals surface area contributed by atoms with Crippen LogP contribution in [-0.2, 0) is 4.79 Å². The molecule has 0 saturated heterocycles. The van der Waals surface area contributed by atoms with E-state index in [1.165, 1.54) is 7.11 Å². The van der Waals surface area contributed by atoms with Crippen molar-refractivity contribution in [1.29, 1.82) is 0 Å². The highest BCUT2D eigenvalue weighted by molar-refractivity contribution is 6.32. The van der Waals surface area contributed by atoms with Gasteiger partial charge in [0.05, 0.1) is 19.9 Å². The predicted octanol–water partition coefficient (Wildman–Crippen LogP) is 4.38. The molecule has 1 amide bonds. The van der Waals surface area contributed by atoms with Crippen molar-refractivity contribution in [3.8, 4) is 17.2 Å². The zero-order chi connectivity index (χ0) is 18.6. The van der Waals surface area contributed by atoms with Crippen LogP contribution in [0.25, 0.3) is 0 Å². The molecule has 1 N–H and O–H groups in total. The van der Waals surface area contributed by atoms with Gasteiger partial charge in [-0.15, -0.1) is 0 Å². The molecule has 0 aliphatic carbocycles. The van der Waals surface area contributed by atoms with Gasteiger partial charge in [-0.1, -0.05) is 11.6 Å². The van der Waals surface area contributed by atoms with E-state index in [4.69, 9.17) is 25.8 Å². The van der Waals surface area contributed by atoms with Gasteiger partial charge in [0.25, 0.3) is 5.91 Å². The third kappa shape index (κ3) is 4.57. The third-order valence-electron chi connectivity index (χ3n) is 3.76. The summed E-state index contributed by atoms with van der Waals surface area (Å²) < 4.78 is 16.2. The van der Waals surface area contributed by atoms with Gasteiger partial charge in [0.2, 0.25) is 0 Å². The van der Waals surface area contributed by atoms with E-state index in [1.54, 1.807) is 32.2 Å². The molecule has 0 unspecified atom stereocenters. The number of halogens is 1. The maximum atomic E-state index is 12.5. The van der Waals surface area contributed by atoms with Gasteiger partial charge < -0.3 is 19.5 Å². The number of amides is 1. The van der Waals surface area contributed by atoms with Crippen LogP contribution in [0.2, 0.25) is 5.02 Å². The van der Waals surface area contributed by atoms with E-state index in [0.717, 1.165) is 11.1 Å². The average Bonchev–Trinajstić information content (AvgIpc) is 2.59. The third-order valence-corrected chi connectivity index (χ3v) is 4.35. The maximum Gasteiger partial charge on any atom is 0.265 e. The smallest absolute Gasteiger partial charge is 0.265 e. The van der Waals surface area contributed by atoms with E-state index in [0.29, 0.717) is 28.0 Å². The molecule has 0 radical (unpaired) electrons. The number of carbonyl (C=O) groups excluding carboxylic acids is 1. The number of carbonyl (C=O) groups is 1. The number of nitrogens with one attached hydrogen (secondary N) is 1. The van der Waals surface area contributed by atoms with Gasteiger partial charge in [0.15, 0.2) is 6.10 Å². The Labute approximate surface area is 152 Å². The molecule has 0 aliphatic heterocycles. The van der Waals surface area contributed by atoms with Crippen LogP contribution in [0.3, 0.4) is 0 Å². The number of aryl methyl sites for hydroxylation is 2. The summed E-state index contributed by atoms with van der Waals surface area (Å²) in [6.07, 6.45) is -0.698. The molecule has 2 aromatic carbocycles. The Morgan fingerprint density at radius 1 is 1.04 bits per heavy atom. The highest BCUT2D eigenvalue weighted by Crippen LogP contribution is 2.30. The van der Waals surface area contributed by atoms with Crippen molar-refractivity contribution in [2.45, 2.75) is 26.9 Å². The van der Waals surface area contributed by atoms with Crippen LogP contribution < -0.4 is 19.5 Å². The molecule has 0 fully saturated rings. The molecule has 6 heteroatoms. The average molecular weight is 364 g/mol. The van der Waals surface area contributed by atoms with Crippen LogP contribution in [0.4, 0.5) is 5.69 Å². The van der Waals surface area contributed by atoms with Crippen molar-refractivity contribution in [2.24, 2.45) is 0 Å². The second-order valence-corrected chi connectivity index (χ2v) is 6.06. The van der Waals surface area contributed by atoms with E-state index < -0.39 is 6.10 Å². The second kappa shape index (κ2) is 8.12. The number of ether oxygens (including phenoxy) is 3. The lowest BCUT2D eigenvalue weighted by molar-refractivity contribution is -0.122. The number of rotatable bonds is 6. The zero-order valence-electron chi connectivity index (χ0n) is 15.0. The number of anilines is 1. The molecule has 0 spiro atoms. The summed E-state index contributed by atoms with van der Waals surface area (Å²) in [5.74, 6) is 1.46. The van der Waals surface area contributed by atoms with Crippen molar-refractivity contribution in [1.82, 2.24) is 0 Å². The highest BCUT2D eigenvalue weighted by atomic mass is 35.5. The molecule has 0 aliphatic rings. The van der Waals surface area contributed by atoms with E-state index >= 15 is 0 Å². The first kappa shape index (κ1) is 18.9. The Balaban J connectivity index is 2.13. The minimum Gasteiger partial charge on any atom is -0.497 e. The van der Waals surface area contributed by atoms with Crippen LogP contribution in [0.15, 0.2) is 30.3 Å². The monoisotopic (exact) mass is 363 g/mol. The van der Waals surface area contributed by atoms with Gasteiger partial charge >= 0.3 is 0 Å². The topological polar surface area (TPSA) is 56.8 Å². The summed E-state index contributed by atoms with van der Waals surface area (Å²) in [7, 11) is 3.10. The lowest BCUT2D eigenvalue weighted by Crippen LogP contribution is -2.30. The van der Waals surface area contributed by atoms with Crippen molar-refractivity contribution in [2.75, 3.05) is 19.5 Å². The first-order chi connectivity index (χ1) is 11.8. The van der Waals surface area contributed by atoms with Gasteiger partial charge in [0.1, 0.15) is 17.2 Å². The molecule has 1 atom stereocenters. The number of methoxy groups -OCH3 is 2. The van der Waals surface area contributed by atoms with Crippen LogP contribution in [0, 0.1) is 13.8 Å². The quantitative estimate of drug-likeness (QED) is 0.827. The summed E-state index contributed by atoms with van der Waals surface area (Å²) in [5.41, 5.74) is 2.32. The van der Waals surface area contributed by atoms with Crippen LogP contribution in [0.1, 0.15) is 18.1 Å². The molecule has 2 rings (SSSR count). The van der Waals surface area contributed by atoms with Gasteiger partial charge in [-0.05, 0) is 56.2 Å². The van der Waals surface area contributed by atoms with E-state index in [1.807, 2.05) is 26.0 Å². The Morgan fingerprint density at radius 3 is 2.24 bits per heavy atom. The van der Waals surface area contributed by atoms with E-state index in [-0.39, 0.29) is 5.91 Å². The first-order valence-electron chi connectivity index (χ1n) is 7.82. The maximum absolute atomic E-state index is 12.5. The molecule has 2 aromatic rings. The summed E-state index contributed by atoms with van der Waals surface area (Å²) >= 11 is 6.16. The minimum atomic E-state index is -0.698. The molecule has 0 aromatic heterocycles. The molecule has 0 bridgehead atoms. The fraction of sp³-hybridized carbons (Fsp3) is 0.316. The molecule has 134 valence electrons. The summed E-state index contributed by atoms with van der Waals surface area (Å²) in [6, 6.07) is 8.80. The Kier molecular flexibility index (Phi) is 6.15. The standard InChI is InChI=1S/C19H22ClNO4/c1-11-8-15(9-12(2)18(11)20)25-13(3)19(22)21-16-10-14(23-4)6-7-17(16)24-5/h6-10,13H,1-5H3,(H,21,22)/t13-/m1/s1. The van der Waals surface area contributed by atoms with Crippen molar-refractivity contribution in [3.05, 3.63) is 46.5 Å². The SMILES string of the molecule is COc1ccc(OC)c(NC(=O)[C@@H](C)Oc2cc(C)c(Cl)c(C)c2)c1. The normalized spacial score (nSPS) is 11.6. The summed E-state index contributed by atoms with van der Waals surface area (Å²) in [4.78, 5) is 12.5. The van der Waals surface area contributed by atoms with Crippen LogP contribution in [0.5, 0.6) is 17.2 Å². The van der Waals surface area contributed by atoms with Crippen molar-refractivity contribution >= 4 is 23.2 Å². The van der Waals surface area contributed by atoms with Crippen molar-refractivity contribution < 1.29 is 19.0 Å². The first-order valence-corrected chi connectivity index (χ1v) is 8.19. The molecule has 0 saturated carbocycles. The predicted molar refractivity (Wildman–Crippen MR) is 99.2 cm³/mol. The van der Waals surface area contributed by atoms with Gasteiger partial charge in [-0.2, -0.15) is 0 Å². The molecule has 0 heterocycles. The summed E-state index contributed by atoms with van der Waals surface area (Å²) in [6.45, 7) is 5.48. The van der Waals surface area contributed by atoms with Gasteiger partial charge in [0, 0.05) is 11.1 Å². The molecular formula is C19H22ClNO4. The zero-order valence-corrected chi connectivity index (χ0v) is 15.7. The van der Waals surface area contributed by atoms with E-state index in [9.17, 15) is 4.79 Å².